The molecule has 0 unspecified atom stereocenters. The molecule has 7 nitrogen and oxygen atoms in total. The van der Waals surface area contributed by atoms with E-state index in [1.807, 2.05) is 30.3 Å². The minimum atomic E-state index is -0.353. The highest BCUT2D eigenvalue weighted by atomic mass is 16.6. The van der Waals surface area contributed by atoms with Gasteiger partial charge >= 0.3 is 11.8 Å². The Morgan fingerprint density at radius 1 is 1.40 bits per heavy atom. The van der Waals surface area contributed by atoms with Gasteiger partial charge < -0.3 is 9.64 Å². The molecule has 25 heavy (non-hydrogen) atoms. The standard InChI is InChI=1S/C18H22N4O3/c1-3-12-25-18(24)21-11-7-8-14(13-21)16-19-20(2)17(23)22(16)15-9-5-4-6-10-15/h3-6,9-10,14H,1,7-8,11-13H2,2H3/t14-/m0/s1. The molecule has 1 amide bonds. The van der Waals surface area contributed by atoms with E-state index in [0.29, 0.717) is 18.9 Å². The Morgan fingerprint density at radius 2 is 2.16 bits per heavy atom. The molecule has 0 bridgehead atoms. The number of likely N-dealkylation sites (tertiary alicyclic amines) is 1. The molecule has 2 aromatic rings. The van der Waals surface area contributed by atoms with Crippen molar-refractivity contribution in [1.82, 2.24) is 19.2 Å². The second-order valence-corrected chi connectivity index (χ2v) is 6.09. The smallest absolute Gasteiger partial charge is 0.410 e. The molecule has 1 aliphatic heterocycles. The Kier molecular flexibility index (Phi) is 5.02. The molecule has 1 saturated heterocycles. The molecule has 0 aliphatic carbocycles. The molecule has 0 spiro atoms. The summed E-state index contributed by atoms with van der Waals surface area (Å²) in [5.74, 6) is 0.666. The zero-order chi connectivity index (χ0) is 17.8. The summed E-state index contributed by atoms with van der Waals surface area (Å²) >= 11 is 0. The van der Waals surface area contributed by atoms with Gasteiger partial charge in [0.25, 0.3) is 0 Å². The molecule has 0 N–H and O–H groups in total. The predicted octanol–water partition coefficient (Wildman–Crippen LogP) is 2.07. The first kappa shape index (κ1) is 17.0. The van der Waals surface area contributed by atoms with Gasteiger partial charge in [-0.2, -0.15) is 5.10 Å². The average molecular weight is 342 g/mol. The van der Waals surface area contributed by atoms with Crippen molar-refractivity contribution in [2.24, 2.45) is 7.05 Å². The molecular weight excluding hydrogens is 320 g/mol. The third-order valence-corrected chi connectivity index (χ3v) is 4.33. The number of amides is 1. The number of rotatable bonds is 4. The third-order valence-electron chi connectivity index (χ3n) is 4.33. The van der Waals surface area contributed by atoms with E-state index in [1.165, 1.54) is 4.68 Å². The van der Waals surface area contributed by atoms with Gasteiger partial charge in [0.1, 0.15) is 12.4 Å². The predicted molar refractivity (Wildman–Crippen MR) is 93.9 cm³/mol. The molecule has 1 fully saturated rings. The fraction of sp³-hybridized carbons (Fsp3) is 0.389. The summed E-state index contributed by atoms with van der Waals surface area (Å²) < 4.78 is 8.11. The highest BCUT2D eigenvalue weighted by Gasteiger charge is 2.30. The maximum Gasteiger partial charge on any atom is 0.410 e. The SMILES string of the molecule is C=CCOC(=O)N1CCC[C@H](c2nn(C)c(=O)n2-c2ccccc2)C1. The number of carbonyl (C=O) groups excluding carboxylic acids is 1. The van der Waals surface area contributed by atoms with Gasteiger partial charge in [-0.1, -0.05) is 30.9 Å². The molecule has 1 aromatic heterocycles. The van der Waals surface area contributed by atoms with Gasteiger partial charge in [-0.3, -0.25) is 0 Å². The zero-order valence-corrected chi connectivity index (χ0v) is 14.3. The molecule has 132 valence electrons. The van der Waals surface area contributed by atoms with Crippen LogP contribution in [0, 0.1) is 0 Å². The second kappa shape index (κ2) is 7.38. The van der Waals surface area contributed by atoms with Crippen LogP contribution in [0.5, 0.6) is 0 Å². The summed E-state index contributed by atoms with van der Waals surface area (Å²) in [6, 6.07) is 9.44. The number of nitrogens with zero attached hydrogens (tertiary/aromatic N) is 4. The van der Waals surface area contributed by atoms with Crippen LogP contribution in [-0.4, -0.2) is 45.0 Å². The van der Waals surface area contributed by atoms with E-state index >= 15 is 0 Å². The van der Waals surface area contributed by atoms with Crippen molar-refractivity contribution in [1.29, 1.82) is 0 Å². The van der Waals surface area contributed by atoms with Crippen molar-refractivity contribution in [3.8, 4) is 5.69 Å². The van der Waals surface area contributed by atoms with Crippen molar-refractivity contribution in [2.75, 3.05) is 19.7 Å². The molecule has 0 saturated carbocycles. The van der Waals surface area contributed by atoms with E-state index in [0.717, 1.165) is 18.5 Å². The molecule has 2 heterocycles. The average Bonchev–Trinajstić information content (AvgIpc) is 2.95. The van der Waals surface area contributed by atoms with Gasteiger partial charge in [-0.25, -0.2) is 18.8 Å². The minimum Gasteiger partial charge on any atom is -0.445 e. The van der Waals surface area contributed by atoms with Crippen molar-refractivity contribution < 1.29 is 9.53 Å². The van der Waals surface area contributed by atoms with Crippen LogP contribution < -0.4 is 5.69 Å². The lowest BCUT2D eigenvalue weighted by Gasteiger charge is -2.31. The molecule has 1 aromatic carbocycles. The minimum absolute atomic E-state index is 0.0147. The van der Waals surface area contributed by atoms with E-state index < -0.39 is 0 Å². The lowest BCUT2D eigenvalue weighted by Crippen LogP contribution is -2.40. The van der Waals surface area contributed by atoms with Crippen LogP contribution in [0.3, 0.4) is 0 Å². The summed E-state index contributed by atoms with van der Waals surface area (Å²) in [4.78, 5) is 26.3. The number of benzene rings is 1. The van der Waals surface area contributed by atoms with E-state index in [1.54, 1.807) is 22.6 Å². The quantitative estimate of drug-likeness (QED) is 0.798. The fourth-order valence-corrected chi connectivity index (χ4v) is 3.14. The molecule has 3 rings (SSSR count). The maximum absolute atomic E-state index is 12.5. The highest BCUT2D eigenvalue weighted by Crippen LogP contribution is 2.26. The topological polar surface area (TPSA) is 69.4 Å². The third kappa shape index (κ3) is 3.50. The van der Waals surface area contributed by atoms with Crippen LogP contribution in [-0.2, 0) is 11.8 Å². The van der Waals surface area contributed by atoms with Crippen LogP contribution in [0.2, 0.25) is 0 Å². The van der Waals surface area contributed by atoms with E-state index in [2.05, 4.69) is 11.7 Å². The summed E-state index contributed by atoms with van der Waals surface area (Å²) in [5, 5.41) is 4.44. The largest absolute Gasteiger partial charge is 0.445 e. The van der Waals surface area contributed by atoms with Crippen LogP contribution in [0.4, 0.5) is 4.79 Å². The van der Waals surface area contributed by atoms with Crippen LogP contribution in [0.15, 0.2) is 47.8 Å². The highest BCUT2D eigenvalue weighted by molar-refractivity contribution is 5.68. The van der Waals surface area contributed by atoms with Crippen molar-refractivity contribution in [3.05, 3.63) is 59.3 Å². The van der Waals surface area contributed by atoms with Gasteiger partial charge in [-0.15, -0.1) is 0 Å². The van der Waals surface area contributed by atoms with Gasteiger partial charge in [-0.05, 0) is 25.0 Å². The lowest BCUT2D eigenvalue weighted by atomic mass is 9.97. The number of piperidine rings is 1. The van der Waals surface area contributed by atoms with Crippen LogP contribution in [0.1, 0.15) is 24.6 Å². The lowest BCUT2D eigenvalue weighted by molar-refractivity contribution is 0.0996. The summed E-state index contributed by atoms with van der Waals surface area (Å²) in [7, 11) is 1.64. The fourth-order valence-electron chi connectivity index (χ4n) is 3.14. The number of para-hydroxylation sites is 1. The number of ether oxygens (including phenoxy) is 1. The molecular formula is C18H22N4O3. The first-order chi connectivity index (χ1) is 12.1. The van der Waals surface area contributed by atoms with E-state index in [9.17, 15) is 9.59 Å². The number of carbonyl (C=O) groups is 1. The Labute approximate surface area is 146 Å². The molecule has 7 heteroatoms. The maximum atomic E-state index is 12.5. The van der Waals surface area contributed by atoms with E-state index in [-0.39, 0.29) is 24.3 Å². The summed E-state index contributed by atoms with van der Waals surface area (Å²) in [6.07, 6.45) is 2.90. The first-order valence-corrected chi connectivity index (χ1v) is 8.35. The second-order valence-electron chi connectivity index (χ2n) is 6.09. The molecule has 0 radical (unpaired) electrons. The van der Waals surface area contributed by atoms with Crippen LogP contribution in [0.25, 0.3) is 5.69 Å². The number of hydrogen-bond acceptors (Lipinski definition) is 4. The van der Waals surface area contributed by atoms with Crippen molar-refractivity contribution in [3.63, 3.8) is 0 Å². The number of hydrogen-bond donors (Lipinski definition) is 0. The van der Waals surface area contributed by atoms with Crippen molar-refractivity contribution >= 4 is 6.09 Å². The number of aromatic nitrogens is 3. The van der Waals surface area contributed by atoms with Crippen molar-refractivity contribution in [2.45, 2.75) is 18.8 Å². The molecule has 1 aliphatic rings. The number of aryl methyl sites for hydroxylation is 1. The molecule has 1 atom stereocenters. The summed E-state index contributed by atoms with van der Waals surface area (Å²) in [5.41, 5.74) is 0.592. The Bertz CT molecular complexity index is 809. The normalized spacial score (nSPS) is 17.3. The monoisotopic (exact) mass is 342 g/mol. The van der Waals surface area contributed by atoms with Gasteiger partial charge in [0.15, 0.2) is 0 Å². The van der Waals surface area contributed by atoms with Gasteiger partial charge in [0, 0.05) is 26.1 Å². The van der Waals surface area contributed by atoms with E-state index in [4.69, 9.17) is 4.74 Å². The van der Waals surface area contributed by atoms with Gasteiger partial charge in [0.05, 0.1) is 5.69 Å². The Hall–Kier alpha value is -2.83. The van der Waals surface area contributed by atoms with Crippen LogP contribution >= 0.6 is 0 Å². The Balaban J connectivity index is 1.89. The van der Waals surface area contributed by atoms with Gasteiger partial charge in [0.2, 0.25) is 0 Å². The summed E-state index contributed by atoms with van der Waals surface area (Å²) in [6.45, 7) is 4.88. The Morgan fingerprint density at radius 3 is 2.88 bits per heavy atom. The first-order valence-electron chi connectivity index (χ1n) is 8.35. The zero-order valence-electron chi connectivity index (χ0n) is 14.3.